The molecule has 3 rings (SSSR count). The Bertz CT molecular complexity index is 527. The van der Waals surface area contributed by atoms with E-state index in [1.807, 2.05) is 36.4 Å². The lowest BCUT2D eigenvalue weighted by Crippen LogP contribution is -2.41. The zero-order valence-electron chi connectivity index (χ0n) is 11.4. The Morgan fingerprint density at radius 2 is 1.15 bits per heavy atom. The SMILES string of the molecule is NC1C(c2ccccc2)CC(=O)CC1c1ccccc1. The first kappa shape index (κ1) is 13.1. The van der Waals surface area contributed by atoms with E-state index in [4.69, 9.17) is 5.73 Å². The number of rotatable bonds is 2. The van der Waals surface area contributed by atoms with Crippen molar-refractivity contribution in [2.24, 2.45) is 5.73 Å². The Hall–Kier alpha value is -1.93. The van der Waals surface area contributed by atoms with Crippen LogP contribution in [0.3, 0.4) is 0 Å². The summed E-state index contributed by atoms with van der Waals surface area (Å²) in [4.78, 5) is 12.1. The van der Waals surface area contributed by atoms with Crippen molar-refractivity contribution in [3.05, 3.63) is 71.8 Å². The highest BCUT2D eigenvalue weighted by molar-refractivity contribution is 5.81. The van der Waals surface area contributed by atoms with Gasteiger partial charge in [0.1, 0.15) is 5.78 Å². The smallest absolute Gasteiger partial charge is 0.134 e. The minimum Gasteiger partial charge on any atom is -0.327 e. The van der Waals surface area contributed by atoms with Gasteiger partial charge in [-0.2, -0.15) is 0 Å². The summed E-state index contributed by atoms with van der Waals surface area (Å²) >= 11 is 0. The van der Waals surface area contributed by atoms with Gasteiger partial charge in [-0.25, -0.2) is 0 Å². The minimum atomic E-state index is -0.00231. The molecule has 20 heavy (non-hydrogen) atoms. The fraction of sp³-hybridized carbons (Fsp3) is 0.278. The molecule has 1 saturated carbocycles. The minimum absolute atomic E-state index is 0.00231. The molecule has 0 heterocycles. The maximum absolute atomic E-state index is 12.1. The van der Waals surface area contributed by atoms with Crippen LogP contribution >= 0.6 is 0 Å². The second-order valence-electron chi connectivity index (χ2n) is 5.56. The van der Waals surface area contributed by atoms with Crippen LogP contribution in [-0.4, -0.2) is 11.8 Å². The van der Waals surface area contributed by atoms with Crippen LogP contribution in [-0.2, 0) is 4.79 Å². The first-order valence-electron chi connectivity index (χ1n) is 7.13. The Morgan fingerprint density at radius 1 is 0.750 bits per heavy atom. The molecule has 0 aromatic heterocycles. The van der Waals surface area contributed by atoms with Crippen molar-refractivity contribution in [3.8, 4) is 0 Å². The molecule has 2 unspecified atom stereocenters. The summed E-state index contributed by atoms with van der Waals surface area (Å²) in [6.45, 7) is 0. The van der Waals surface area contributed by atoms with Gasteiger partial charge in [0.25, 0.3) is 0 Å². The number of hydrogen-bond acceptors (Lipinski definition) is 2. The van der Waals surface area contributed by atoms with Gasteiger partial charge < -0.3 is 5.73 Å². The predicted molar refractivity (Wildman–Crippen MR) is 80.6 cm³/mol. The molecule has 0 amide bonds. The molecule has 2 heteroatoms. The van der Waals surface area contributed by atoms with Gasteiger partial charge in [-0.15, -0.1) is 0 Å². The highest BCUT2D eigenvalue weighted by Gasteiger charge is 2.36. The molecule has 2 aromatic rings. The average Bonchev–Trinajstić information content (AvgIpc) is 2.51. The molecule has 2 aromatic carbocycles. The van der Waals surface area contributed by atoms with E-state index in [2.05, 4.69) is 24.3 Å². The van der Waals surface area contributed by atoms with Crippen molar-refractivity contribution in [1.82, 2.24) is 0 Å². The van der Waals surface area contributed by atoms with Gasteiger partial charge in [-0.3, -0.25) is 4.79 Å². The van der Waals surface area contributed by atoms with Crippen molar-refractivity contribution in [2.75, 3.05) is 0 Å². The summed E-state index contributed by atoms with van der Waals surface area (Å²) in [6, 6.07) is 20.3. The number of Topliss-reactive ketones (excluding diaryl/α,β-unsaturated/α-hetero) is 1. The van der Waals surface area contributed by atoms with Gasteiger partial charge in [-0.1, -0.05) is 60.7 Å². The molecule has 2 N–H and O–H groups in total. The lowest BCUT2D eigenvalue weighted by Gasteiger charge is -2.35. The van der Waals surface area contributed by atoms with Crippen LogP contribution in [0.1, 0.15) is 35.8 Å². The lowest BCUT2D eigenvalue weighted by atomic mass is 9.71. The van der Waals surface area contributed by atoms with Gasteiger partial charge in [0.15, 0.2) is 0 Å². The average molecular weight is 265 g/mol. The number of nitrogens with two attached hydrogens (primary N) is 1. The van der Waals surface area contributed by atoms with Crippen molar-refractivity contribution < 1.29 is 4.79 Å². The van der Waals surface area contributed by atoms with Crippen molar-refractivity contribution >= 4 is 5.78 Å². The van der Waals surface area contributed by atoms with Gasteiger partial charge in [-0.05, 0) is 11.1 Å². The Balaban J connectivity index is 1.92. The normalized spacial score (nSPS) is 26.4. The number of hydrogen-bond donors (Lipinski definition) is 1. The van der Waals surface area contributed by atoms with Crippen LogP contribution in [0.5, 0.6) is 0 Å². The first-order chi connectivity index (χ1) is 9.75. The predicted octanol–water partition coefficient (Wildman–Crippen LogP) is 3.24. The molecule has 2 nitrogen and oxygen atoms in total. The third-order valence-electron chi connectivity index (χ3n) is 4.28. The van der Waals surface area contributed by atoms with Crippen LogP contribution in [0.15, 0.2) is 60.7 Å². The van der Waals surface area contributed by atoms with E-state index in [9.17, 15) is 4.79 Å². The van der Waals surface area contributed by atoms with Crippen LogP contribution in [0, 0.1) is 0 Å². The summed E-state index contributed by atoms with van der Waals surface area (Å²) in [5, 5.41) is 0. The van der Waals surface area contributed by atoms with E-state index >= 15 is 0 Å². The van der Waals surface area contributed by atoms with Crippen molar-refractivity contribution in [3.63, 3.8) is 0 Å². The van der Waals surface area contributed by atoms with Gasteiger partial charge in [0.05, 0.1) is 0 Å². The molecule has 0 spiro atoms. The van der Waals surface area contributed by atoms with Gasteiger partial charge >= 0.3 is 0 Å². The summed E-state index contributed by atoms with van der Waals surface area (Å²) in [5.41, 5.74) is 8.85. The quantitative estimate of drug-likeness (QED) is 0.905. The van der Waals surface area contributed by atoms with Gasteiger partial charge in [0.2, 0.25) is 0 Å². The Morgan fingerprint density at radius 3 is 1.55 bits per heavy atom. The van der Waals surface area contributed by atoms with E-state index in [0.29, 0.717) is 18.6 Å². The van der Waals surface area contributed by atoms with Crippen LogP contribution < -0.4 is 5.73 Å². The summed E-state index contributed by atoms with van der Waals surface area (Å²) < 4.78 is 0. The first-order valence-corrected chi connectivity index (χ1v) is 7.13. The molecule has 0 radical (unpaired) electrons. The number of carbonyl (C=O) groups excluding carboxylic acids is 1. The van der Waals surface area contributed by atoms with Crippen molar-refractivity contribution in [1.29, 1.82) is 0 Å². The molecule has 102 valence electrons. The topological polar surface area (TPSA) is 43.1 Å². The highest BCUT2D eigenvalue weighted by Crippen LogP contribution is 2.38. The molecule has 1 aliphatic carbocycles. The van der Waals surface area contributed by atoms with Crippen LogP contribution in [0.4, 0.5) is 0 Å². The van der Waals surface area contributed by atoms with E-state index < -0.39 is 0 Å². The maximum atomic E-state index is 12.1. The Kier molecular flexibility index (Phi) is 3.66. The molecule has 1 fully saturated rings. The molecular formula is C18H19NO. The standard InChI is InChI=1S/C18H19NO/c19-18-16(13-7-3-1-4-8-13)11-15(20)12-17(18)14-9-5-2-6-10-14/h1-10,16-18H,11-12,19H2. The van der Waals surface area contributed by atoms with E-state index in [1.165, 1.54) is 11.1 Å². The lowest BCUT2D eigenvalue weighted by molar-refractivity contribution is -0.121. The van der Waals surface area contributed by atoms with E-state index in [-0.39, 0.29) is 17.9 Å². The third kappa shape index (κ3) is 2.52. The number of benzene rings is 2. The molecule has 0 bridgehead atoms. The molecule has 0 saturated heterocycles. The summed E-state index contributed by atoms with van der Waals surface area (Å²) in [5.74, 6) is 0.569. The number of ketones is 1. The fourth-order valence-corrected chi connectivity index (χ4v) is 3.21. The maximum Gasteiger partial charge on any atom is 0.134 e. The molecular weight excluding hydrogens is 246 g/mol. The molecule has 2 atom stereocenters. The second kappa shape index (κ2) is 5.59. The monoisotopic (exact) mass is 265 g/mol. The van der Waals surface area contributed by atoms with E-state index in [1.54, 1.807) is 0 Å². The highest BCUT2D eigenvalue weighted by atomic mass is 16.1. The largest absolute Gasteiger partial charge is 0.327 e. The summed E-state index contributed by atoms with van der Waals surface area (Å²) in [6.07, 6.45) is 1.13. The van der Waals surface area contributed by atoms with Crippen LogP contribution in [0.2, 0.25) is 0 Å². The van der Waals surface area contributed by atoms with E-state index in [0.717, 1.165) is 0 Å². The number of carbonyl (C=O) groups is 1. The zero-order chi connectivity index (χ0) is 13.9. The summed E-state index contributed by atoms with van der Waals surface area (Å²) in [7, 11) is 0. The Labute approximate surface area is 119 Å². The van der Waals surface area contributed by atoms with Crippen molar-refractivity contribution in [2.45, 2.75) is 30.7 Å². The molecule has 1 aliphatic rings. The second-order valence-corrected chi connectivity index (χ2v) is 5.56. The third-order valence-corrected chi connectivity index (χ3v) is 4.28. The zero-order valence-corrected chi connectivity index (χ0v) is 11.4. The van der Waals surface area contributed by atoms with Crippen LogP contribution in [0.25, 0.3) is 0 Å². The molecule has 0 aliphatic heterocycles. The fourth-order valence-electron chi connectivity index (χ4n) is 3.21. The van der Waals surface area contributed by atoms with Gasteiger partial charge in [0, 0.05) is 30.7 Å².